The number of nitrogens with one attached hydrogen (secondary N) is 1. The van der Waals surface area contributed by atoms with Gasteiger partial charge in [0.2, 0.25) is 0 Å². The average molecular weight is 411 g/mol. The van der Waals surface area contributed by atoms with Gasteiger partial charge < -0.3 is 5.32 Å². The van der Waals surface area contributed by atoms with Crippen LogP contribution in [0.1, 0.15) is 20.8 Å². The minimum Gasteiger partial charge on any atom is -0.316 e. The Bertz CT molecular complexity index is 1260. The van der Waals surface area contributed by atoms with Crippen molar-refractivity contribution in [3.63, 3.8) is 0 Å². The summed E-state index contributed by atoms with van der Waals surface area (Å²) in [6, 6.07) is 12.8. The van der Waals surface area contributed by atoms with Crippen LogP contribution < -0.4 is 10.9 Å². The fraction of sp³-hybridized carbons (Fsp3) is 0.0952. The van der Waals surface area contributed by atoms with E-state index in [1.165, 1.54) is 17.0 Å². The molecular formula is C21H15F2N3O2S. The maximum Gasteiger partial charge on any atom is 0.266 e. The van der Waals surface area contributed by atoms with Crippen molar-refractivity contribution in [3.05, 3.63) is 92.9 Å². The highest BCUT2D eigenvalue weighted by Crippen LogP contribution is 2.28. The summed E-state index contributed by atoms with van der Waals surface area (Å²) in [5, 5.41) is 2.58. The zero-order valence-corrected chi connectivity index (χ0v) is 16.1. The van der Waals surface area contributed by atoms with E-state index in [-0.39, 0.29) is 10.4 Å². The number of carbonyl (C=O) groups is 1. The van der Waals surface area contributed by atoms with Gasteiger partial charge in [-0.15, -0.1) is 11.3 Å². The van der Waals surface area contributed by atoms with E-state index in [1.54, 1.807) is 6.92 Å². The predicted molar refractivity (Wildman–Crippen MR) is 108 cm³/mol. The van der Waals surface area contributed by atoms with E-state index in [0.29, 0.717) is 22.3 Å². The van der Waals surface area contributed by atoms with Crippen molar-refractivity contribution >= 4 is 33.1 Å². The molecule has 0 unspecified atom stereocenters. The fourth-order valence-corrected chi connectivity index (χ4v) is 4.09. The lowest BCUT2D eigenvalue weighted by molar-refractivity contribution is 0.102. The number of fused-ring (bicyclic) bond motifs is 1. The Morgan fingerprint density at radius 3 is 2.48 bits per heavy atom. The number of halogens is 2. The van der Waals surface area contributed by atoms with E-state index >= 15 is 0 Å². The van der Waals surface area contributed by atoms with Crippen LogP contribution >= 0.6 is 11.3 Å². The number of anilines is 1. The lowest BCUT2D eigenvalue weighted by Gasteiger charge is -2.07. The molecule has 29 heavy (non-hydrogen) atoms. The molecule has 0 bridgehead atoms. The monoisotopic (exact) mass is 411 g/mol. The molecule has 0 aliphatic carbocycles. The van der Waals surface area contributed by atoms with Crippen molar-refractivity contribution in [1.82, 2.24) is 9.55 Å². The smallest absolute Gasteiger partial charge is 0.266 e. The van der Waals surface area contributed by atoms with Gasteiger partial charge in [-0.3, -0.25) is 14.2 Å². The summed E-state index contributed by atoms with van der Waals surface area (Å²) < 4.78 is 29.1. The van der Waals surface area contributed by atoms with E-state index < -0.39 is 23.2 Å². The quantitative estimate of drug-likeness (QED) is 0.543. The maximum atomic E-state index is 13.8. The van der Waals surface area contributed by atoms with Gasteiger partial charge in [0.1, 0.15) is 22.2 Å². The van der Waals surface area contributed by atoms with E-state index in [4.69, 9.17) is 0 Å². The Balaban J connectivity index is 1.71. The molecule has 0 aliphatic heterocycles. The highest BCUT2D eigenvalue weighted by Gasteiger charge is 2.21. The van der Waals surface area contributed by atoms with Crippen molar-refractivity contribution in [2.24, 2.45) is 0 Å². The summed E-state index contributed by atoms with van der Waals surface area (Å²) in [7, 11) is 0. The maximum absolute atomic E-state index is 13.8. The normalized spacial score (nSPS) is 11.0. The largest absolute Gasteiger partial charge is 0.316 e. The molecule has 2 heterocycles. The molecule has 4 aromatic rings. The summed E-state index contributed by atoms with van der Waals surface area (Å²) >= 11 is 1.01. The second kappa shape index (κ2) is 7.56. The molecule has 5 nitrogen and oxygen atoms in total. The van der Waals surface area contributed by atoms with Gasteiger partial charge in [0.15, 0.2) is 0 Å². The van der Waals surface area contributed by atoms with Crippen molar-refractivity contribution in [2.75, 3.05) is 5.32 Å². The number of nitrogens with zero attached hydrogens (tertiary/aromatic N) is 2. The van der Waals surface area contributed by atoms with Crippen LogP contribution in [-0.4, -0.2) is 15.5 Å². The van der Waals surface area contributed by atoms with Crippen LogP contribution in [0.3, 0.4) is 0 Å². The molecule has 0 atom stereocenters. The number of hydrogen-bond acceptors (Lipinski definition) is 4. The lowest BCUT2D eigenvalue weighted by atomic mass is 10.2. The van der Waals surface area contributed by atoms with E-state index in [2.05, 4.69) is 10.3 Å². The summed E-state index contributed by atoms with van der Waals surface area (Å²) in [5.41, 5.74) is 0.573. The summed E-state index contributed by atoms with van der Waals surface area (Å²) in [4.78, 5) is 30.4. The lowest BCUT2D eigenvalue weighted by Crippen LogP contribution is -2.21. The number of thiophene rings is 1. The van der Waals surface area contributed by atoms with Gasteiger partial charge in [0, 0.05) is 0 Å². The molecule has 0 saturated carbocycles. The van der Waals surface area contributed by atoms with Crippen LogP contribution in [0.25, 0.3) is 10.2 Å². The number of hydrogen-bond donors (Lipinski definition) is 1. The highest BCUT2D eigenvalue weighted by atomic mass is 32.1. The zero-order chi connectivity index (χ0) is 20.5. The number of carbonyl (C=O) groups excluding carboxylic acids is 1. The highest BCUT2D eigenvalue weighted by molar-refractivity contribution is 7.20. The van der Waals surface area contributed by atoms with Crippen molar-refractivity contribution in [3.8, 4) is 0 Å². The molecule has 0 spiro atoms. The molecule has 8 heteroatoms. The molecule has 0 aliphatic rings. The van der Waals surface area contributed by atoms with E-state index in [0.717, 1.165) is 29.0 Å². The third kappa shape index (κ3) is 3.54. The third-order valence-corrected chi connectivity index (χ3v) is 5.72. The van der Waals surface area contributed by atoms with Crippen LogP contribution in [0.15, 0.2) is 59.7 Å². The first-order valence-electron chi connectivity index (χ1n) is 8.73. The summed E-state index contributed by atoms with van der Waals surface area (Å²) in [6.07, 6.45) is 1.44. The standard InChI is InChI=1S/C21H15F2N3O2S/c1-12-16-20(24-11-26(21(16)28)10-13-6-3-2-4-7-13)29-18(12)19(27)25-17-14(22)8-5-9-15(17)23/h2-9,11H,10H2,1H3,(H,25,27). The molecule has 0 fully saturated rings. The van der Waals surface area contributed by atoms with Crippen LogP contribution in [0.4, 0.5) is 14.5 Å². The fourth-order valence-electron chi connectivity index (χ4n) is 3.06. The predicted octanol–water partition coefficient (Wildman–Crippen LogP) is 4.35. The van der Waals surface area contributed by atoms with Crippen molar-refractivity contribution in [2.45, 2.75) is 13.5 Å². The number of aromatic nitrogens is 2. The van der Waals surface area contributed by atoms with Gasteiger partial charge in [-0.1, -0.05) is 36.4 Å². The third-order valence-electron chi connectivity index (χ3n) is 4.52. The number of rotatable bonds is 4. The Kier molecular flexibility index (Phi) is 4.94. The molecule has 1 N–H and O–H groups in total. The van der Waals surface area contributed by atoms with Crippen molar-refractivity contribution < 1.29 is 13.6 Å². The molecule has 0 radical (unpaired) electrons. The van der Waals surface area contributed by atoms with Crippen LogP contribution in [0.5, 0.6) is 0 Å². The Morgan fingerprint density at radius 1 is 1.10 bits per heavy atom. The van der Waals surface area contributed by atoms with Crippen LogP contribution in [-0.2, 0) is 6.54 Å². The zero-order valence-electron chi connectivity index (χ0n) is 15.3. The van der Waals surface area contributed by atoms with Gasteiger partial charge in [0.05, 0.1) is 23.1 Å². The van der Waals surface area contributed by atoms with Gasteiger partial charge in [-0.05, 0) is 30.2 Å². The number of para-hydroxylation sites is 1. The molecule has 146 valence electrons. The minimum absolute atomic E-state index is 0.185. The molecule has 1 amide bonds. The Hall–Kier alpha value is -3.39. The molecular weight excluding hydrogens is 396 g/mol. The first-order valence-corrected chi connectivity index (χ1v) is 9.55. The Morgan fingerprint density at radius 2 is 1.79 bits per heavy atom. The molecule has 2 aromatic carbocycles. The van der Waals surface area contributed by atoms with E-state index in [9.17, 15) is 18.4 Å². The molecule has 2 aromatic heterocycles. The summed E-state index contributed by atoms with van der Waals surface area (Å²) in [6.45, 7) is 1.97. The van der Waals surface area contributed by atoms with Gasteiger partial charge in [-0.25, -0.2) is 13.8 Å². The second-order valence-corrected chi connectivity index (χ2v) is 7.45. The first kappa shape index (κ1) is 18.9. The van der Waals surface area contributed by atoms with Gasteiger partial charge in [-0.2, -0.15) is 0 Å². The minimum atomic E-state index is -0.875. The SMILES string of the molecule is Cc1c(C(=O)Nc2c(F)cccc2F)sc2ncn(Cc3ccccc3)c(=O)c12. The number of aryl methyl sites for hydroxylation is 1. The van der Waals surface area contributed by atoms with Crippen molar-refractivity contribution in [1.29, 1.82) is 0 Å². The average Bonchev–Trinajstić information content (AvgIpc) is 3.05. The number of benzene rings is 2. The van der Waals surface area contributed by atoms with E-state index in [1.807, 2.05) is 30.3 Å². The molecule has 0 saturated heterocycles. The summed E-state index contributed by atoms with van der Waals surface area (Å²) in [5.74, 6) is -2.44. The topological polar surface area (TPSA) is 64.0 Å². The van der Waals surface area contributed by atoms with Gasteiger partial charge in [0.25, 0.3) is 11.5 Å². The Labute approximate surface area is 168 Å². The first-order chi connectivity index (χ1) is 14.0. The van der Waals surface area contributed by atoms with Crippen LogP contribution in [0.2, 0.25) is 0 Å². The van der Waals surface area contributed by atoms with Gasteiger partial charge >= 0.3 is 0 Å². The van der Waals surface area contributed by atoms with Crippen LogP contribution in [0, 0.1) is 18.6 Å². The molecule has 4 rings (SSSR count). The second-order valence-electron chi connectivity index (χ2n) is 6.45. The number of amides is 1.